The summed E-state index contributed by atoms with van der Waals surface area (Å²) in [7, 11) is 0. The van der Waals surface area contributed by atoms with Crippen LogP contribution in [0.25, 0.3) is 0 Å². The molecular formula is C17H27N3. The number of nitrogens with zero attached hydrogens (tertiary/aromatic N) is 3. The van der Waals surface area contributed by atoms with Crippen LogP contribution in [0.1, 0.15) is 18.1 Å². The summed E-state index contributed by atoms with van der Waals surface area (Å²) in [6.45, 7) is 13.3. The van der Waals surface area contributed by atoms with Crippen molar-refractivity contribution in [1.82, 2.24) is 14.7 Å². The van der Waals surface area contributed by atoms with Crippen molar-refractivity contribution in [3.05, 3.63) is 35.4 Å². The second-order valence-corrected chi connectivity index (χ2v) is 6.07. The first-order chi connectivity index (χ1) is 9.85. The van der Waals surface area contributed by atoms with Crippen LogP contribution in [0.4, 0.5) is 0 Å². The predicted octanol–water partition coefficient (Wildman–Crippen LogP) is 1.68. The lowest BCUT2D eigenvalue weighted by Gasteiger charge is -2.36. The minimum Gasteiger partial charge on any atom is -0.301 e. The van der Waals surface area contributed by atoms with Gasteiger partial charge < -0.3 is 4.90 Å². The predicted molar refractivity (Wildman–Crippen MR) is 84.0 cm³/mol. The number of hydrogen-bond donors (Lipinski definition) is 0. The molecule has 3 rings (SSSR count). The fourth-order valence-corrected chi connectivity index (χ4v) is 3.36. The zero-order valence-corrected chi connectivity index (χ0v) is 12.7. The van der Waals surface area contributed by atoms with Crippen molar-refractivity contribution in [2.24, 2.45) is 0 Å². The molecule has 0 unspecified atom stereocenters. The summed E-state index contributed by atoms with van der Waals surface area (Å²) in [5.41, 5.74) is 3.09. The topological polar surface area (TPSA) is 9.72 Å². The molecule has 0 atom stereocenters. The smallest absolute Gasteiger partial charge is 0.0237 e. The van der Waals surface area contributed by atoms with Gasteiger partial charge in [0.05, 0.1) is 0 Å². The van der Waals surface area contributed by atoms with Gasteiger partial charge in [0.1, 0.15) is 0 Å². The largest absolute Gasteiger partial charge is 0.301 e. The summed E-state index contributed by atoms with van der Waals surface area (Å²) >= 11 is 0. The van der Waals surface area contributed by atoms with Gasteiger partial charge in [-0.05, 0) is 24.1 Å². The van der Waals surface area contributed by atoms with E-state index < -0.39 is 0 Å². The maximum absolute atomic E-state index is 2.63. The van der Waals surface area contributed by atoms with E-state index in [-0.39, 0.29) is 0 Å². The second kappa shape index (κ2) is 6.70. The highest BCUT2D eigenvalue weighted by atomic mass is 15.3. The summed E-state index contributed by atoms with van der Waals surface area (Å²) in [6.07, 6.45) is 1.22. The van der Waals surface area contributed by atoms with Crippen LogP contribution in [0.3, 0.4) is 0 Å². The maximum atomic E-state index is 2.63. The molecule has 0 N–H and O–H groups in total. The average Bonchev–Trinajstić information content (AvgIpc) is 2.53. The molecule has 3 heteroatoms. The molecule has 0 bridgehead atoms. The van der Waals surface area contributed by atoms with Crippen molar-refractivity contribution < 1.29 is 0 Å². The van der Waals surface area contributed by atoms with Gasteiger partial charge in [-0.15, -0.1) is 0 Å². The van der Waals surface area contributed by atoms with E-state index in [4.69, 9.17) is 0 Å². The normalized spacial score (nSPS) is 21.9. The highest BCUT2D eigenvalue weighted by Crippen LogP contribution is 2.18. The molecule has 2 aliphatic heterocycles. The third-order valence-corrected chi connectivity index (χ3v) is 4.85. The zero-order chi connectivity index (χ0) is 13.8. The van der Waals surface area contributed by atoms with Crippen LogP contribution in [0.15, 0.2) is 24.3 Å². The number of fused-ring (bicyclic) bond motifs is 1. The summed E-state index contributed by atoms with van der Waals surface area (Å²) in [4.78, 5) is 7.80. The molecular weight excluding hydrogens is 246 g/mol. The van der Waals surface area contributed by atoms with Gasteiger partial charge in [-0.1, -0.05) is 31.2 Å². The Hall–Kier alpha value is -0.900. The van der Waals surface area contributed by atoms with Gasteiger partial charge in [-0.3, -0.25) is 9.80 Å². The Kier molecular flexibility index (Phi) is 4.71. The molecule has 2 heterocycles. The molecule has 1 aromatic rings. The molecule has 20 heavy (non-hydrogen) atoms. The van der Waals surface area contributed by atoms with Gasteiger partial charge >= 0.3 is 0 Å². The van der Waals surface area contributed by atoms with Crippen LogP contribution in [-0.4, -0.2) is 67.1 Å². The van der Waals surface area contributed by atoms with E-state index in [0.717, 1.165) is 6.54 Å². The SMILES string of the molecule is CCN1CCN(CCN2CCc3ccccc3C2)CC1. The number of hydrogen-bond acceptors (Lipinski definition) is 3. The molecule has 0 spiro atoms. The van der Waals surface area contributed by atoms with Crippen LogP contribution in [0, 0.1) is 0 Å². The van der Waals surface area contributed by atoms with E-state index in [2.05, 4.69) is 45.9 Å². The third-order valence-electron chi connectivity index (χ3n) is 4.85. The first kappa shape index (κ1) is 14.1. The van der Waals surface area contributed by atoms with E-state index in [9.17, 15) is 0 Å². The van der Waals surface area contributed by atoms with Gasteiger partial charge in [0, 0.05) is 52.4 Å². The van der Waals surface area contributed by atoms with E-state index in [1.54, 1.807) is 5.56 Å². The van der Waals surface area contributed by atoms with Crippen LogP contribution in [0.5, 0.6) is 0 Å². The lowest BCUT2D eigenvalue weighted by molar-refractivity contribution is 0.119. The van der Waals surface area contributed by atoms with Crippen LogP contribution < -0.4 is 0 Å². The molecule has 1 fully saturated rings. The summed E-state index contributed by atoms with van der Waals surface area (Å²) in [6, 6.07) is 8.92. The molecule has 1 aromatic carbocycles. The lowest BCUT2D eigenvalue weighted by Crippen LogP contribution is -2.48. The Balaban J connectivity index is 1.44. The number of benzene rings is 1. The fraction of sp³-hybridized carbons (Fsp3) is 0.647. The van der Waals surface area contributed by atoms with E-state index >= 15 is 0 Å². The average molecular weight is 273 g/mol. The monoisotopic (exact) mass is 273 g/mol. The summed E-state index contributed by atoms with van der Waals surface area (Å²) in [5.74, 6) is 0. The highest BCUT2D eigenvalue weighted by Gasteiger charge is 2.18. The Bertz CT molecular complexity index is 424. The molecule has 3 nitrogen and oxygen atoms in total. The van der Waals surface area contributed by atoms with Crippen molar-refractivity contribution in [3.8, 4) is 0 Å². The van der Waals surface area contributed by atoms with Crippen LogP contribution in [-0.2, 0) is 13.0 Å². The van der Waals surface area contributed by atoms with Crippen molar-refractivity contribution >= 4 is 0 Å². The third kappa shape index (κ3) is 3.40. The molecule has 0 aliphatic carbocycles. The molecule has 1 saturated heterocycles. The Morgan fingerprint density at radius 2 is 1.45 bits per heavy atom. The molecule has 0 saturated carbocycles. The minimum absolute atomic E-state index is 1.14. The van der Waals surface area contributed by atoms with Crippen molar-refractivity contribution in [3.63, 3.8) is 0 Å². The van der Waals surface area contributed by atoms with Gasteiger partial charge in [-0.25, -0.2) is 0 Å². The Labute approximate surface area is 123 Å². The van der Waals surface area contributed by atoms with Gasteiger partial charge in [-0.2, -0.15) is 0 Å². The number of piperazine rings is 1. The minimum atomic E-state index is 1.14. The van der Waals surface area contributed by atoms with E-state index in [0.29, 0.717) is 0 Å². The van der Waals surface area contributed by atoms with Crippen LogP contribution in [0.2, 0.25) is 0 Å². The standard InChI is InChI=1S/C17H27N3/c1-2-18-9-11-19(12-10-18)13-14-20-8-7-16-5-3-4-6-17(16)15-20/h3-6H,2,7-15H2,1H3. The fourth-order valence-electron chi connectivity index (χ4n) is 3.36. The summed E-state index contributed by atoms with van der Waals surface area (Å²) < 4.78 is 0. The zero-order valence-electron chi connectivity index (χ0n) is 12.7. The lowest BCUT2D eigenvalue weighted by atomic mass is 10.00. The number of likely N-dealkylation sites (N-methyl/N-ethyl adjacent to an activating group) is 1. The molecule has 110 valence electrons. The first-order valence-corrected chi connectivity index (χ1v) is 8.09. The quantitative estimate of drug-likeness (QED) is 0.826. The van der Waals surface area contributed by atoms with Crippen molar-refractivity contribution in [1.29, 1.82) is 0 Å². The summed E-state index contributed by atoms with van der Waals surface area (Å²) in [5, 5.41) is 0. The van der Waals surface area contributed by atoms with Crippen molar-refractivity contribution in [2.45, 2.75) is 19.9 Å². The second-order valence-electron chi connectivity index (χ2n) is 6.07. The first-order valence-electron chi connectivity index (χ1n) is 8.09. The molecule has 0 radical (unpaired) electrons. The van der Waals surface area contributed by atoms with E-state index in [1.165, 1.54) is 64.3 Å². The highest BCUT2D eigenvalue weighted by molar-refractivity contribution is 5.28. The van der Waals surface area contributed by atoms with Gasteiger partial charge in [0.15, 0.2) is 0 Å². The molecule has 2 aliphatic rings. The van der Waals surface area contributed by atoms with Gasteiger partial charge in [0.2, 0.25) is 0 Å². The molecule has 0 amide bonds. The molecule has 0 aromatic heterocycles. The van der Waals surface area contributed by atoms with Gasteiger partial charge in [0.25, 0.3) is 0 Å². The maximum Gasteiger partial charge on any atom is 0.0237 e. The van der Waals surface area contributed by atoms with Crippen molar-refractivity contribution in [2.75, 3.05) is 52.4 Å². The number of rotatable bonds is 4. The van der Waals surface area contributed by atoms with E-state index in [1.807, 2.05) is 0 Å². The Morgan fingerprint density at radius 3 is 2.20 bits per heavy atom. The Morgan fingerprint density at radius 1 is 0.800 bits per heavy atom. The van der Waals surface area contributed by atoms with Crippen LogP contribution >= 0.6 is 0 Å².